The number of nitrogens with one attached hydrogen (secondary N) is 1. The largest absolute Gasteiger partial charge is 0.353 e. The second-order valence-corrected chi connectivity index (χ2v) is 6.77. The molecule has 0 bridgehead atoms. The summed E-state index contributed by atoms with van der Waals surface area (Å²) < 4.78 is 0. The molecular weight excluding hydrogens is 314 g/mol. The van der Waals surface area contributed by atoms with Gasteiger partial charge in [0.25, 0.3) is 0 Å². The van der Waals surface area contributed by atoms with Crippen LogP contribution in [0, 0.1) is 0 Å². The van der Waals surface area contributed by atoms with Crippen molar-refractivity contribution >= 4 is 29.4 Å². The number of amides is 1. The van der Waals surface area contributed by atoms with Gasteiger partial charge in [-0.3, -0.25) is 4.79 Å². The van der Waals surface area contributed by atoms with Gasteiger partial charge in [0.2, 0.25) is 5.91 Å². The number of rotatable bonds is 7. The maximum atomic E-state index is 11.9. The normalized spacial score (nSPS) is 11.9. The van der Waals surface area contributed by atoms with Gasteiger partial charge in [-0.05, 0) is 25.5 Å². The molecule has 0 aliphatic rings. The quantitative estimate of drug-likeness (QED) is 0.784. The second-order valence-electron chi connectivity index (χ2n) is 4.75. The van der Waals surface area contributed by atoms with Crippen molar-refractivity contribution in [1.82, 2.24) is 15.3 Å². The number of thioether (sulfide) groups is 1. The Morgan fingerprint density at radius 1 is 1.18 bits per heavy atom. The van der Waals surface area contributed by atoms with Crippen LogP contribution in [0.3, 0.4) is 0 Å². The van der Waals surface area contributed by atoms with Crippen LogP contribution in [0.2, 0.25) is 0 Å². The first-order chi connectivity index (χ1) is 10.7. The Bertz CT molecular complexity index is 607. The Hall–Kier alpha value is -1.53. The summed E-state index contributed by atoms with van der Waals surface area (Å²) in [5, 5.41) is 4.57. The third kappa shape index (κ3) is 5.35. The third-order valence-electron chi connectivity index (χ3n) is 2.95. The van der Waals surface area contributed by atoms with Crippen molar-refractivity contribution < 1.29 is 4.79 Å². The van der Waals surface area contributed by atoms with Crippen LogP contribution in [0.4, 0.5) is 0 Å². The van der Waals surface area contributed by atoms with Gasteiger partial charge in [-0.25, -0.2) is 9.97 Å². The number of carbonyl (C=O) groups is 1. The van der Waals surface area contributed by atoms with Gasteiger partial charge in [-0.2, -0.15) is 0 Å². The number of aromatic nitrogens is 2. The summed E-state index contributed by atoms with van der Waals surface area (Å²) in [6, 6.07) is 10.2. The summed E-state index contributed by atoms with van der Waals surface area (Å²) in [5.41, 5.74) is 0. The van der Waals surface area contributed by atoms with Gasteiger partial charge in [-0.15, -0.1) is 0 Å². The summed E-state index contributed by atoms with van der Waals surface area (Å²) in [5.74, 6) is 0.381. The molecule has 1 aromatic carbocycles. The molecule has 0 aliphatic carbocycles. The average molecular weight is 333 g/mol. The molecule has 1 N–H and O–H groups in total. The Kier molecular flexibility index (Phi) is 6.74. The minimum absolute atomic E-state index is 0.0284. The average Bonchev–Trinajstić information content (AvgIpc) is 2.55. The zero-order valence-electron chi connectivity index (χ0n) is 12.7. The van der Waals surface area contributed by atoms with Gasteiger partial charge in [0.1, 0.15) is 10.1 Å². The predicted molar refractivity (Wildman–Crippen MR) is 91.2 cm³/mol. The summed E-state index contributed by atoms with van der Waals surface area (Å²) in [7, 11) is 0. The molecule has 1 amide bonds. The number of hydrogen-bond donors (Lipinski definition) is 1. The predicted octanol–water partition coefficient (Wildman–Crippen LogP) is 3.63. The van der Waals surface area contributed by atoms with Crippen molar-refractivity contribution in [2.75, 3.05) is 5.75 Å². The van der Waals surface area contributed by atoms with E-state index in [4.69, 9.17) is 0 Å². The topological polar surface area (TPSA) is 54.9 Å². The molecule has 0 spiro atoms. The van der Waals surface area contributed by atoms with Crippen LogP contribution >= 0.6 is 23.5 Å². The highest BCUT2D eigenvalue weighted by Crippen LogP contribution is 2.32. The van der Waals surface area contributed by atoms with Crippen LogP contribution in [0.25, 0.3) is 0 Å². The van der Waals surface area contributed by atoms with Crippen molar-refractivity contribution in [2.45, 2.75) is 41.3 Å². The van der Waals surface area contributed by atoms with E-state index in [9.17, 15) is 4.79 Å². The first-order valence-electron chi connectivity index (χ1n) is 7.15. The van der Waals surface area contributed by atoms with E-state index in [1.165, 1.54) is 11.8 Å². The second kappa shape index (κ2) is 8.80. The fourth-order valence-electron chi connectivity index (χ4n) is 1.63. The molecule has 6 heteroatoms. The standard InChI is InChI=1S/C16H19N3OS2/c1-3-12(2)19-14(20)11-21-15-16(18-10-9-17-15)22-13-7-5-4-6-8-13/h4-10,12H,3,11H2,1-2H3,(H,19,20)/t12-/m0/s1. The van der Waals surface area contributed by atoms with Gasteiger partial charge >= 0.3 is 0 Å². The van der Waals surface area contributed by atoms with Crippen LogP contribution in [-0.2, 0) is 4.79 Å². The van der Waals surface area contributed by atoms with Crippen molar-refractivity contribution in [1.29, 1.82) is 0 Å². The van der Waals surface area contributed by atoms with E-state index in [-0.39, 0.29) is 11.9 Å². The molecule has 0 fully saturated rings. The fourth-order valence-corrected chi connectivity index (χ4v) is 3.37. The molecule has 116 valence electrons. The molecule has 1 heterocycles. The number of nitrogens with zero attached hydrogens (tertiary/aromatic N) is 2. The minimum Gasteiger partial charge on any atom is -0.353 e. The minimum atomic E-state index is 0.0284. The monoisotopic (exact) mass is 333 g/mol. The molecule has 2 rings (SSSR count). The zero-order chi connectivity index (χ0) is 15.8. The van der Waals surface area contributed by atoms with E-state index in [1.54, 1.807) is 24.2 Å². The number of carbonyl (C=O) groups excluding carboxylic acids is 1. The van der Waals surface area contributed by atoms with Crippen molar-refractivity contribution in [3.63, 3.8) is 0 Å². The highest BCUT2D eigenvalue weighted by molar-refractivity contribution is 8.02. The highest BCUT2D eigenvalue weighted by Gasteiger charge is 2.11. The molecule has 0 saturated heterocycles. The SMILES string of the molecule is CC[C@H](C)NC(=O)CSc1nccnc1Sc1ccccc1. The van der Waals surface area contributed by atoms with Crippen LogP contribution < -0.4 is 5.32 Å². The van der Waals surface area contributed by atoms with Gasteiger partial charge in [0, 0.05) is 23.3 Å². The molecule has 0 aliphatic heterocycles. The fraction of sp³-hybridized carbons (Fsp3) is 0.312. The molecule has 0 radical (unpaired) electrons. The Balaban J connectivity index is 1.98. The molecule has 0 saturated carbocycles. The van der Waals surface area contributed by atoms with Gasteiger partial charge in [0.05, 0.1) is 5.75 Å². The Morgan fingerprint density at radius 2 is 1.86 bits per heavy atom. The molecule has 4 nitrogen and oxygen atoms in total. The van der Waals surface area contributed by atoms with Gasteiger partial charge in [-0.1, -0.05) is 48.6 Å². The van der Waals surface area contributed by atoms with Gasteiger partial charge in [0.15, 0.2) is 0 Å². The van der Waals surface area contributed by atoms with Crippen molar-refractivity contribution in [3.8, 4) is 0 Å². The van der Waals surface area contributed by atoms with Gasteiger partial charge < -0.3 is 5.32 Å². The third-order valence-corrected chi connectivity index (χ3v) is 5.06. The lowest BCUT2D eigenvalue weighted by molar-refractivity contribution is -0.119. The smallest absolute Gasteiger partial charge is 0.230 e. The maximum Gasteiger partial charge on any atom is 0.230 e. The van der Waals surface area contributed by atoms with Crippen molar-refractivity contribution in [2.24, 2.45) is 0 Å². The Labute approximate surface area is 139 Å². The molecule has 2 aromatic rings. The first-order valence-corrected chi connectivity index (χ1v) is 8.95. The van der Waals surface area contributed by atoms with Crippen LogP contribution in [0.1, 0.15) is 20.3 Å². The summed E-state index contributed by atoms with van der Waals surface area (Å²) in [4.78, 5) is 21.7. The van der Waals surface area contributed by atoms with E-state index in [1.807, 2.05) is 37.3 Å². The lowest BCUT2D eigenvalue weighted by Gasteiger charge is -2.11. The lowest BCUT2D eigenvalue weighted by atomic mass is 10.3. The molecule has 1 aromatic heterocycles. The maximum absolute atomic E-state index is 11.9. The highest BCUT2D eigenvalue weighted by atomic mass is 32.2. The molecule has 0 unspecified atom stereocenters. The van der Waals surface area contributed by atoms with Crippen LogP contribution in [0.5, 0.6) is 0 Å². The van der Waals surface area contributed by atoms with Crippen LogP contribution in [0.15, 0.2) is 57.7 Å². The zero-order valence-corrected chi connectivity index (χ0v) is 14.3. The first kappa shape index (κ1) is 16.8. The van der Waals surface area contributed by atoms with E-state index in [2.05, 4.69) is 22.2 Å². The number of hydrogen-bond acceptors (Lipinski definition) is 5. The van der Waals surface area contributed by atoms with Crippen LogP contribution in [-0.4, -0.2) is 27.7 Å². The van der Waals surface area contributed by atoms with Crippen molar-refractivity contribution in [3.05, 3.63) is 42.7 Å². The number of benzene rings is 1. The van der Waals surface area contributed by atoms with E-state index >= 15 is 0 Å². The van der Waals surface area contributed by atoms with E-state index in [0.717, 1.165) is 21.4 Å². The lowest BCUT2D eigenvalue weighted by Crippen LogP contribution is -2.33. The summed E-state index contributed by atoms with van der Waals surface area (Å²) in [6.45, 7) is 4.05. The summed E-state index contributed by atoms with van der Waals surface area (Å²) >= 11 is 2.98. The Morgan fingerprint density at radius 3 is 2.55 bits per heavy atom. The molecule has 22 heavy (non-hydrogen) atoms. The van der Waals surface area contributed by atoms with E-state index in [0.29, 0.717) is 5.75 Å². The molecule has 1 atom stereocenters. The molecular formula is C16H19N3OS2. The van der Waals surface area contributed by atoms with E-state index < -0.39 is 0 Å². The summed E-state index contributed by atoms with van der Waals surface area (Å²) in [6.07, 6.45) is 4.26.